The van der Waals surface area contributed by atoms with Gasteiger partial charge in [0.25, 0.3) is 0 Å². The van der Waals surface area contributed by atoms with Crippen LogP contribution in [0.25, 0.3) is 0 Å². The monoisotopic (exact) mass is 488 g/mol. The Morgan fingerprint density at radius 3 is 2.46 bits per heavy atom. The van der Waals surface area contributed by atoms with Crippen LogP contribution in [0.15, 0.2) is 30.3 Å². The third-order valence-corrected chi connectivity index (χ3v) is 5.78. The number of methoxy groups -OCH3 is 2. The summed E-state index contributed by atoms with van der Waals surface area (Å²) in [6.07, 6.45) is 0.969. The predicted octanol–water partition coefficient (Wildman–Crippen LogP) is 2.17. The molecule has 2 unspecified atom stereocenters. The lowest BCUT2D eigenvalue weighted by Gasteiger charge is -2.24. The van der Waals surface area contributed by atoms with E-state index in [4.69, 9.17) is 18.9 Å². The average molecular weight is 489 g/mol. The Labute approximate surface area is 206 Å². The lowest BCUT2D eigenvalue weighted by Crippen LogP contribution is -2.32. The minimum atomic E-state index is -0.699. The minimum Gasteiger partial charge on any atom is -0.493 e. The van der Waals surface area contributed by atoms with Crippen LogP contribution >= 0.6 is 0 Å². The van der Waals surface area contributed by atoms with Gasteiger partial charge in [-0.2, -0.15) is 0 Å². The second-order valence-electron chi connectivity index (χ2n) is 8.67. The molecule has 9 heteroatoms. The molecule has 1 heterocycles. The number of carbonyl (C=O) groups excluding carboxylic acids is 1. The van der Waals surface area contributed by atoms with Gasteiger partial charge in [0.15, 0.2) is 11.5 Å². The van der Waals surface area contributed by atoms with E-state index in [1.165, 1.54) is 0 Å². The van der Waals surface area contributed by atoms with Crippen LogP contribution in [-0.4, -0.2) is 69.4 Å². The highest BCUT2D eigenvalue weighted by Gasteiger charge is 2.23. The van der Waals surface area contributed by atoms with Crippen LogP contribution in [-0.2, 0) is 17.6 Å². The number of fused-ring (bicyclic) bond motifs is 1. The lowest BCUT2D eigenvalue weighted by molar-refractivity contribution is -0.116. The number of aliphatic hydroxyl groups is 2. The van der Waals surface area contributed by atoms with E-state index in [0.717, 1.165) is 17.5 Å². The predicted molar refractivity (Wildman–Crippen MR) is 133 cm³/mol. The highest BCUT2D eigenvalue weighted by atomic mass is 16.5. The Hall–Kier alpha value is -3.01. The van der Waals surface area contributed by atoms with Crippen molar-refractivity contribution in [3.63, 3.8) is 0 Å². The molecule has 0 aromatic heterocycles. The molecule has 2 aromatic rings. The van der Waals surface area contributed by atoms with Crippen LogP contribution in [0.4, 0.5) is 5.69 Å². The molecule has 1 aliphatic heterocycles. The molecular formula is C26H36N2O7. The summed E-state index contributed by atoms with van der Waals surface area (Å²) in [6.45, 7) is 3.43. The fourth-order valence-electron chi connectivity index (χ4n) is 3.76. The van der Waals surface area contributed by atoms with E-state index in [1.807, 2.05) is 25.1 Å². The molecule has 9 nitrogen and oxygen atoms in total. The number of nitrogens with one attached hydrogen (secondary N) is 2. The average Bonchev–Trinajstić information content (AvgIpc) is 2.88. The zero-order valence-electron chi connectivity index (χ0n) is 20.6. The molecule has 0 spiro atoms. The van der Waals surface area contributed by atoms with Crippen LogP contribution in [0.5, 0.6) is 23.0 Å². The molecule has 0 saturated carbocycles. The molecule has 0 bridgehead atoms. The molecular weight excluding hydrogens is 452 g/mol. The Morgan fingerprint density at radius 2 is 1.71 bits per heavy atom. The van der Waals surface area contributed by atoms with Gasteiger partial charge in [0.1, 0.15) is 24.2 Å². The van der Waals surface area contributed by atoms with Crippen molar-refractivity contribution in [1.82, 2.24) is 5.32 Å². The molecule has 0 saturated heterocycles. The fourth-order valence-corrected chi connectivity index (χ4v) is 3.76. The number of carbonyl (C=O) groups is 1. The number of aliphatic hydroxyl groups excluding tert-OH is 2. The first kappa shape index (κ1) is 26.6. The van der Waals surface area contributed by atoms with E-state index in [2.05, 4.69) is 10.6 Å². The first-order valence-electron chi connectivity index (χ1n) is 11.9. The lowest BCUT2D eigenvalue weighted by atomic mass is 10.0. The van der Waals surface area contributed by atoms with Gasteiger partial charge in [-0.3, -0.25) is 4.79 Å². The summed E-state index contributed by atoms with van der Waals surface area (Å²) in [5, 5.41) is 25.7. The van der Waals surface area contributed by atoms with Gasteiger partial charge in [-0.1, -0.05) is 13.0 Å². The van der Waals surface area contributed by atoms with Gasteiger partial charge in [-0.05, 0) is 49.2 Å². The number of anilines is 1. The van der Waals surface area contributed by atoms with Crippen LogP contribution < -0.4 is 29.6 Å². The zero-order chi connectivity index (χ0) is 25.2. The van der Waals surface area contributed by atoms with Gasteiger partial charge in [-0.15, -0.1) is 0 Å². The second-order valence-corrected chi connectivity index (χ2v) is 8.67. The summed E-state index contributed by atoms with van der Waals surface area (Å²) in [5.41, 5.74) is 2.56. The van der Waals surface area contributed by atoms with Gasteiger partial charge in [0.05, 0.1) is 26.5 Å². The number of hydrogen-bond acceptors (Lipinski definition) is 8. The van der Waals surface area contributed by atoms with E-state index in [0.29, 0.717) is 61.2 Å². The molecule has 192 valence electrons. The summed E-state index contributed by atoms with van der Waals surface area (Å²) < 4.78 is 22.3. The maximum atomic E-state index is 12.0. The van der Waals surface area contributed by atoms with Crippen LogP contribution in [0.1, 0.15) is 24.5 Å². The van der Waals surface area contributed by atoms with Gasteiger partial charge >= 0.3 is 0 Å². The molecule has 4 N–H and O–H groups in total. The maximum absolute atomic E-state index is 12.0. The van der Waals surface area contributed by atoms with Crippen molar-refractivity contribution in [2.75, 3.05) is 52.4 Å². The summed E-state index contributed by atoms with van der Waals surface area (Å²) >= 11 is 0. The third kappa shape index (κ3) is 7.48. The minimum absolute atomic E-state index is 0.0183. The molecule has 3 rings (SSSR count). The van der Waals surface area contributed by atoms with E-state index in [-0.39, 0.29) is 25.0 Å². The van der Waals surface area contributed by atoms with Gasteiger partial charge in [-0.25, -0.2) is 0 Å². The zero-order valence-corrected chi connectivity index (χ0v) is 20.6. The molecule has 1 aliphatic rings. The molecule has 0 aliphatic carbocycles. The number of rotatable bonds is 14. The largest absolute Gasteiger partial charge is 0.493 e. The van der Waals surface area contributed by atoms with E-state index >= 15 is 0 Å². The Morgan fingerprint density at radius 1 is 1.00 bits per heavy atom. The Balaban J connectivity index is 1.50. The summed E-state index contributed by atoms with van der Waals surface area (Å²) in [4.78, 5) is 12.0. The quantitative estimate of drug-likeness (QED) is 0.299. The molecule has 2 atom stereocenters. The number of benzene rings is 2. The van der Waals surface area contributed by atoms with Crippen molar-refractivity contribution in [2.24, 2.45) is 5.92 Å². The van der Waals surface area contributed by atoms with Gasteiger partial charge in [0.2, 0.25) is 5.91 Å². The van der Waals surface area contributed by atoms with Crippen molar-refractivity contribution >= 4 is 11.6 Å². The standard InChI is InChI=1S/C26H36N2O7/c1-17(14-29)15-34-23-8-7-21(20-5-9-25(31)28-26(20)23)35-16-19(30)13-27-11-10-18-4-6-22(32-2)24(12-18)33-3/h4,6-8,12,17,19,27,29-30H,5,9-11,13-16H2,1-3H3,(H,28,31). The highest BCUT2D eigenvalue weighted by Crippen LogP contribution is 2.39. The number of amides is 1. The van der Waals surface area contributed by atoms with E-state index in [1.54, 1.807) is 26.4 Å². The third-order valence-electron chi connectivity index (χ3n) is 5.78. The molecule has 1 amide bonds. The SMILES string of the molecule is COc1ccc(CCNCC(O)COc2ccc(OCC(C)CO)c3c2CCC(=O)N3)cc1OC. The summed E-state index contributed by atoms with van der Waals surface area (Å²) in [5.74, 6) is 2.46. The molecule has 35 heavy (non-hydrogen) atoms. The summed E-state index contributed by atoms with van der Waals surface area (Å²) in [7, 11) is 3.22. The summed E-state index contributed by atoms with van der Waals surface area (Å²) in [6, 6.07) is 9.36. The van der Waals surface area contributed by atoms with Crippen LogP contribution in [0, 0.1) is 5.92 Å². The van der Waals surface area contributed by atoms with Crippen molar-refractivity contribution in [2.45, 2.75) is 32.3 Å². The maximum Gasteiger partial charge on any atom is 0.224 e. The Kier molecular flexibility index (Phi) is 10.0. The first-order valence-corrected chi connectivity index (χ1v) is 11.9. The van der Waals surface area contributed by atoms with Crippen molar-refractivity contribution in [3.05, 3.63) is 41.5 Å². The van der Waals surface area contributed by atoms with Crippen molar-refractivity contribution in [1.29, 1.82) is 0 Å². The van der Waals surface area contributed by atoms with Crippen LogP contribution in [0.2, 0.25) is 0 Å². The normalized spacial score (nSPS) is 14.5. The van der Waals surface area contributed by atoms with E-state index < -0.39 is 6.10 Å². The molecule has 0 radical (unpaired) electrons. The fraction of sp³-hybridized carbons (Fsp3) is 0.500. The number of hydrogen-bond donors (Lipinski definition) is 4. The molecule has 0 fully saturated rings. The van der Waals surface area contributed by atoms with Gasteiger partial charge < -0.3 is 39.8 Å². The first-order chi connectivity index (χ1) is 16.9. The highest BCUT2D eigenvalue weighted by molar-refractivity contribution is 5.96. The Bertz CT molecular complexity index is 982. The molecule has 2 aromatic carbocycles. The number of ether oxygens (including phenoxy) is 4. The smallest absolute Gasteiger partial charge is 0.224 e. The second kappa shape index (κ2) is 13.2. The van der Waals surface area contributed by atoms with E-state index in [9.17, 15) is 15.0 Å². The van der Waals surface area contributed by atoms with Crippen molar-refractivity contribution in [3.8, 4) is 23.0 Å². The topological polar surface area (TPSA) is 119 Å². The van der Waals surface area contributed by atoms with Crippen molar-refractivity contribution < 1.29 is 34.0 Å². The van der Waals surface area contributed by atoms with Crippen LogP contribution in [0.3, 0.4) is 0 Å². The van der Waals surface area contributed by atoms with Gasteiger partial charge in [0, 0.05) is 31.1 Å².